The summed E-state index contributed by atoms with van der Waals surface area (Å²) in [5.74, 6) is 11.9. The third-order valence-electron chi connectivity index (χ3n) is 4.82. The average molecular weight is 393 g/mol. The molecule has 4 rings (SSSR count). The number of hydrogen-bond acceptors (Lipinski definition) is 7. The van der Waals surface area contributed by atoms with Crippen LogP contribution >= 0.6 is 0 Å². The van der Waals surface area contributed by atoms with E-state index in [4.69, 9.17) is 23.2 Å². The summed E-state index contributed by atoms with van der Waals surface area (Å²) in [4.78, 5) is 25.1. The molecule has 0 aromatic heterocycles. The molecule has 9 N–H and O–H groups in total. The lowest BCUT2D eigenvalue weighted by Crippen LogP contribution is -2.59. The molecule has 2 aromatic carbocycles. The summed E-state index contributed by atoms with van der Waals surface area (Å²) in [7, 11) is 0. The minimum absolute atomic E-state index is 0.0526. The van der Waals surface area contributed by atoms with Crippen molar-refractivity contribution in [3.05, 3.63) is 71.7 Å². The fourth-order valence-corrected chi connectivity index (χ4v) is 3.60. The maximum Gasteiger partial charge on any atom is 0.336 e. The number of fused-ring (bicyclic) bond motifs is 3. The number of benzene rings is 2. The summed E-state index contributed by atoms with van der Waals surface area (Å²) in [6.45, 7) is 0. The normalized spacial score (nSPS) is 14.9. The third kappa shape index (κ3) is 2.81. The Hall–Kier alpha value is -4.09. The summed E-state index contributed by atoms with van der Waals surface area (Å²) in [5, 5.41) is 5.50. The molecule has 0 saturated heterocycles. The molecule has 11 nitrogen and oxygen atoms in total. The molecule has 0 atom stereocenters. The average Bonchev–Trinajstić information content (AvgIpc) is 3.06. The molecule has 0 fully saturated rings. The summed E-state index contributed by atoms with van der Waals surface area (Å²) < 4.78 is 0. The first-order valence-corrected chi connectivity index (χ1v) is 8.61. The first kappa shape index (κ1) is 18.3. The molecule has 0 radical (unpaired) electrons. The van der Waals surface area contributed by atoms with Gasteiger partial charge in [-0.3, -0.25) is 10.3 Å². The monoisotopic (exact) mass is 393 g/mol. The van der Waals surface area contributed by atoms with E-state index < -0.39 is 18.1 Å². The fraction of sp³-hybridized carbons (Fsp3) is 0.0556. The van der Waals surface area contributed by atoms with E-state index in [1.54, 1.807) is 0 Å². The number of amides is 4. The van der Waals surface area contributed by atoms with E-state index in [0.717, 1.165) is 27.3 Å². The zero-order chi connectivity index (χ0) is 20.7. The van der Waals surface area contributed by atoms with Gasteiger partial charge in [0.05, 0.1) is 12.2 Å². The maximum atomic E-state index is 11.8. The van der Waals surface area contributed by atoms with E-state index >= 15 is 0 Å². The van der Waals surface area contributed by atoms with Crippen LogP contribution in [0.3, 0.4) is 0 Å². The second kappa shape index (κ2) is 6.82. The van der Waals surface area contributed by atoms with Gasteiger partial charge in [0.15, 0.2) is 5.82 Å². The van der Waals surface area contributed by atoms with Crippen LogP contribution in [0, 0.1) is 0 Å². The second-order valence-electron chi connectivity index (χ2n) is 6.41. The number of hydrazone groups is 1. The number of hydrogen-bond donors (Lipinski definition) is 5. The van der Waals surface area contributed by atoms with Crippen molar-refractivity contribution in [3.63, 3.8) is 0 Å². The quantitative estimate of drug-likeness (QED) is 0.278. The highest BCUT2D eigenvalue weighted by Crippen LogP contribution is 2.47. The molecule has 148 valence electrons. The van der Waals surface area contributed by atoms with E-state index in [1.165, 1.54) is 11.1 Å². The Bertz CT molecular complexity index is 983. The van der Waals surface area contributed by atoms with E-state index in [0.29, 0.717) is 5.01 Å². The third-order valence-corrected chi connectivity index (χ3v) is 4.82. The van der Waals surface area contributed by atoms with Crippen LogP contribution in [0.25, 0.3) is 11.1 Å². The molecule has 4 amide bonds. The number of nitrogens with two attached hydrogens (primary N) is 4. The molecule has 0 bridgehead atoms. The number of carbonyl (C=O) groups excluding carboxylic acids is 2. The second-order valence-corrected chi connectivity index (χ2v) is 6.41. The standard InChI is InChI=1S/C18H19N9O2/c19-16(28)26(21)14-9-23-24-18(27(22)17(20)29)25(14)15-12-7-3-1-5-10(12)11-6-2-4-8-13(11)15/h1-9,15,23H,21-22H2,(H2,19,28)(H2,20,29). The lowest BCUT2D eigenvalue weighted by atomic mass is 10.0. The Morgan fingerprint density at radius 2 is 1.41 bits per heavy atom. The SMILES string of the molecule is NC(=O)N(N)C1=CNN=C(N(N)C(N)=O)N1C1c2ccccc2-c2ccccc21. The Labute approximate surface area is 165 Å². The molecular weight excluding hydrogens is 374 g/mol. The molecule has 1 heterocycles. The maximum absolute atomic E-state index is 11.8. The van der Waals surface area contributed by atoms with Gasteiger partial charge in [0.25, 0.3) is 0 Å². The van der Waals surface area contributed by atoms with Gasteiger partial charge in [0.2, 0.25) is 5.96 Å². The van der Waals surface area contributed by atoms with Crippen molar-refractivity contribution < 1.29 is 9.59 Å². The molecule has 0 unspecified atom stereocenters. The zero-order valence-corrected chi connectivity index (χ0v) is 15.2. The number of carbonyl (C=O) groups is 2. The molecule has 2 aromatic rings. The predicted molar refractivity (Wildman–Crippen MR) is 105 cm³/mol. The molecule has 29 heavy (non-hydrogen) atoms. The number of nitrogens with zero attached hydrogens (tertiary/aromatic N) is 4. The summed E-state index contributed by atoms with van der Waals surface area (Å²) in [6, 6.07) is 13.1. The van der Waals surface area contributed by atoms with E-state index in [2.05, 4.69) is 10.5 Å². The number of guanidine groups is 1. The Morgan fingerprint density at radius 1 is 0.897 bits per heavy atom. The molecule has 1 aliphatic carbocycles. The minimum Gasteiger partial charge on any atom is -0.350 e. The number of primary amides is 2. The van der Waals surface area contributed by atoms with Crippen molar-refractivity contribution in [3.8, 4) is 11.1 Å². The highest BCUT2D eigenvalue weighted by molar-refractivity contribution is 5.97. The van der Waals surface area contributed by atoms with Gasteiger partial charge in [-0.1, -0.05) is 48.5 Å². The fourth-order valence-electron chi connectivity index (χ4n) is 3.60. The largest absolute Gasteiger partial charge is 0.350 e. The highest BCUT2D eigenvalue weighted by atomic mass is 16.2. The predicted octanol–water partition coefficient (Wildman–Crippen LogP) is 0.240. The molecule has 1 aliphatic heterocycles. The van der Waals surface area contributed by atoms with E-state index in [-0.39, 0.29) is 11.8 Å². The first-order valence-electron chi connectivity index (χ1n) is 8.61. The lowest BCUT2D eigenvalue weighted by Gasteiger charge is -2.40. The van der Waals surface area contributed by atoms with Crippen molar-refractivity contribution in [2.75, 3.05) is 0 Å². The highest BCUT2D eigenvalue weighted by Gasteiger charge is 2.41. The van der Waals surface area contributed by atoms with Crippen LogP contribution in [0.5, 0.6) is 0 Å². The van der Waals surface area contributed by atoms with Gasteiger partial charge < -0.3 is 11.5 Å². The van der Waals surface area contributed by atoms with Crippen LogP contribution in [-0.2, 0) is 0 Å². The number of urea groups is 2. The van der Waals surface area contributed by atoms with Crippen molar-refractivity contribution in [2.24, 2.45) is 28.3 Å². The minimum atomic E-state index is -0.945. The van der Waals surface area contributed by atoms with Gasteiger partial charge in [0.1, 0.15) is 0 Å². The van der Waals surface area contributed by atoms with E-state index in [1.807, 2.05) is 48.5 Å². The molecule has 0 saturated carbocycles. The van der Waals surface area contributed by atoms with Crippen LogP contribution in [0.4, 0.5) is 9.59 Å². The van der Waals surface area contributed by atoms with Crippen molar-refractivity contribution in [1.29, 1.82) is 0 Å². The van der Waals surface area contributed by atoms with Crippen LogP contribution in [0.1, 0.15) is 17.2 Å². The lowest BCUT2D eigenvalue weighted by molar-refractivity contribution is 0.194. The van der Waals surface area contributed by atoms with Crippen molar-refractivity contribution >= 4 is 18.0 Å². The summed E-state index contributed by atoms with van der Waals surface area (Å²) >= 11 is 0. The molecule has 2 aliphatic rings. The Balaban J connectivity index is 1.93. The Kier molecular flexibility index (Phi) is 4.30. The smallest absolute Gasteiger partial charge is 0.336 e. The van der Waals surface area contributed by atoms with Gasteiger partial charge in [-0.25, -0.2) is 26.3 Å². The summed E-state index contributed by atoms with van der Waals surface area (Å²) in [5.41, 5.74) is 17.1. The van der Waals surface area contributed by atoms with E-state index in [9.17, 15) is 9.59 Å². The number of rotatable bonds is 2. The summed E-state index contributed by atoms with van der Waals surface area (Å²) in [6.07, 6.45) is 1.38. The van der Waals surface area contributed by atoms with Crippen molar-refractivity contribution in [1.82, 2.24) is 20.3 Å². The topological polar surface area (TPSA) is 172 Å². The number of nitrogens with one attached hydrogen (secondary N) is 1. The first-order chi connectivity index (χ1) is 13.9. The zero-order valence-electron chi connectivity index (χ0n) is 15.2. The molecule has 0 spiro atoms. The van der Waals surface area contributed by atoms with Gasteiger partial charge in [-0.15, -0.1) is 5.10 Å². The van der Waals surface area contributed by atoms with Gasteiger partial charge >= 0.3 is 12.1 Å². The van der Waals surface area contributed by atoms with Gasteiger partial charge in [-0.05, 0) is 22.3 Å². The van der Waals surface area contributed by atoms with Crippen molar-refractivity contribution in [2.45, 2.75) is 6.04 Å². The van der Waals surface area contributed by atoms with Crippen LogP contribution in [0.15, 0.2) is 65.7 Å². The Morgan fingerprint density at radius 3 is 1.93 bits per heavy atom. The number of hydrazine groups is 2. The van der Waals surface area contributed by atoms with Crippen LogP contribution < -0.4 is 28.6 Å². The van der Waals surface area contributed by atoms with Gasteiger partial charge in [-0.2, -0.15) is 5.01 Å². The van der Waals surface area contributed by atoms with Crippen LogP contribution in [0.2, 0.25) is 0 Å². The molecular formula is C18H19N9O2. The molecule has 11 heteroatoms. The van der Waals surface area contributed by atoms with Crippen LogP contribution in [-0.4, -0.2) is 32.9 Å². The van der Waals surface area contributed by atoms with Gasteiger partial charge in [0, 0.05) is 0 Å².